The van der Waals surface area contributed by atoms with E-state index in [1.165, 1.54) is 87.4 Å². The number of hydrogen-bond acceptors (Lipinski definition) is 3. The molecule has 1 aromatic heterocycles. The molecule has 0 saturated heterocycles. The predicted molar refractivity (Wildman–Crippen MR) is 217 cm³/mol. The highest BCUT2D eigenvalue weighted by atomic mass is 32.1. The quantitative estimate of drug-likeness (QED) is 0.174. The van der Waals surface area contributed by atoms with E-state index in [9.17, 15) is 0 Å². The third kappa shape index (κ3) is 4.28. The van der Waals surface area contributed by atoms with E-state index in [1.807, 2.05) is 11.3 Å². The summed E-state index contributed by atoms with van der Waals surface area (Å²) in [7, 11) is 0. The van der Waals surface area contributed by atoms with Gasteiger partial charge in [0.15, 0.2) is 0 Å². The topological polar surface area (TPSA) is 6.48 Å². The van der Waals surface area contributed by atoms with Crippen molar-refractivity contribution in [2.45, 2.75) is 26.2 Å². The van der Waals surface area contributed by atoms with Gasteiger partial charge in [0, 0.05) is 54.0 Å². The Balaban J connectivity index is 1.27. The Morgan fingerprint density at radius 1 is 0.520 bits per heavy atom. The normalized spacial score (nSPS) is 13.4. The van der Waals surface area contributed by atoms with Crippen LogP contribution in [0.1, 0.15) is 26.3 Å². The maximum atomic E-state index is 2.58. The average Bonchev–Trinajstić information content (AvgIpc) is 3.53. The highest BCUT2D eigenvalue weighted by Crippen LogP contribution is 2.51. The maximum absolute atomic E-state index is 2.58. The van der Waals surface area contributed by atoms with Crippen LogP contribution in [0.3, 0.4) is 0 Å². The summed E-state index contributed by atoms with van der Waals surface area (Å²) in [5.41, 5.74) is 15.3. The standard InChI is InChI=1S/C46H35BN2S/c1-46(2,3)31-24-26-32(27-25-31)49-38-20-10-7-16-33(38)35-18-13-22-41-44(35)47(49)37-19-9-11-21-39(37)48(41)40-29-28-36-34-17-8-12-23-42(34)50-45(36)43(40)30-14-5-4-6-15-30/h4-29H,1-3H3. The number of anilines is 5. The Morgan fingerprint density at radius 2 is 1.20 bits per heavy atom. The van der Waals surface area contributed by atoms with Crippen molar-refractivity contribution in [2.24, 2.45) is 0 Å². The van der Waals surface area contributed by atoms with Gasteiger partial charge in [0.25, 0.3) is 0 Å². The zero-order valence-corrected chi connectivity index (χ0v) is 29.2. The van der Waals surface area contributed by atoms with Gasteiger partial charge in [0.05, 0.1) is 5.69 Å². The predicted octanol–water partition coefficient (Wildman–Crippen LogP) is 11.7. The minimum atomic E-state index is 0.0114. The summed E-state index contributed by atoms with van der Waals surface area (Å²) in [5.74, 6) is 0. The molecule has 7 aromatic carbocycles. The van der Waals surface area contributed by atoms with Crippen LogP contribution in [0.4, 0.5) is 28.4 Å². The van der Waals surface area contributed by atoms with E-state index in [0.717, 1.165) is 0 Å². The molecular formula is C46H35BN2S. The van der Waals surface area contributed by atoms with Gasteiger partial charge < -0.3 is 9.71 Å². The lowest BCUT2D eigenvalue weighted by Gasteiger charge is -2.46. The second-order valence-electron chi connectivity index (χ2n) is 14.5. The van der Waals surface area contributed by atoms with E-state index in [1.54, 1.807) is 0 Å². The summed E-state index contributed by atoms with van der Waals surface area (Å²) >= 11 is 1.90. The van der Waals surface area contributed by atoms with Crippen molar-refractivity contribution in [3.05, 3.63) is 163 Å². The van der Waals surface area contributed by atoms with Crippen LogP contribution < -0.4 is 20.6 Å². The van der Waals surface area contributed by atoms with Gasteiger partial charge in [-0.1, -0.05) is 136 Å². The largest absolute Gasteiger partial charge is 0.376 e. The average molecular weight is 659 g/mol. The third-order valence-electron chi connectivity index (χ3n) is 10.6. The van der Waals surface area contributed by atoms with E-state index >= 15 is 0 Å². The SMILES string of the molecule is CC(C)(C)c1ccc(N2B3c4ccccc4N(c4ccc5c(sc6ccccc65)c4-c4ccccc4)c4cccc(c43)-c3ccccc32)cc1. The van der Waals surface area contributed by atoms with Crippen LogP contribution >= 0.6 is 11.3 Å². The number of para-hydroxylation sites is 2. The number of nitrogens with zero attached hydrogens (tertiary/aromatic N) is 2. The first kappa shape index (κ1) is 29.4. The Kier molecular flexibility index (Phi) is 6.44. The van der Waals surface area contributed by atoms with Crippen LogP contribution in [0.25, 0.3) is 42.4 Å². The molecule has 0 fully saturated rings. The van der Waals surface area contributed by atoms with Gasteiger partial charge in [-0.15, -0.1) is 11.3 Å². The van der Waals surface area contributed by atoms with Crippen molar-refractivity contribution in [1.82, 2.24) is 0 Å². The molecule has 3 heterocycles. The van der Waals surface area contributed by atoms with Crippen LogP contribution in [0, 0.1) is 0 Å². The van der Waals surface area contributed by atoms with Gasteiger partial charge in [-0.05, 0) is 75.5 Å². The van der Waals surface area contributed by atoms with Crippen LogP contribution in [0.15, 0.2) is 158 Å². The fraction of sp³-hybridized carbons (Fsp3) is 0.0870. The minimum Gasteiger partial charge on any atom is -0.376 e. The maximum Gasteiger partial charge on any atom is 0.333 e. The van der Waals surface area contributed by atoms with Crippen molar-refractivity contribution in [1.29, 1.82) is 0 Å². The second kappa shape index (κ2) is 11.0. The fourth-order valence-corrected chi connectivity index (χ4v) is 9.58. The minimum absolute atomic E-state index is 0.0114. The fourth-order valence-electron chi connectivity index (χ4n) is 8.31. The lowest BCUT2D eigenvalue weighted by Crippen LogP contribution is -2.61. The molecule has 0 radical (unpaired) electrons. The zero-order chi connectivity index (χ0) is 33.6. The summed E-state index contributed by atoms with van der Waals surface area (Å²) in [6.07, 6.45) is 0. The van der Waals surface area contributed by atoms with Gasteiger partial charge in [-0.2, -0.15) is 0 Å². The molecule has 0 atom stereocenters. The Labute approximate surface area is 298 Å². The van der Waals surface area contributed by atoms with Gasteiger partial charge in [-0.25, -0.2) is 0 Å². The first-order chi connectivity index (χ1) is 24.5. The molecule has 10 rings (SSSR count). The van der Waals surface area contributed by atoms with Gasteiger partial charge in [0.1, 0.15) is 0 Å². The molecule has 0 amide bonds. The molecule has 2 aliphatic heterocycles. The second-order valence-corrected chi connectivity index (χ2v) is 15.6. The van der Waals surface area contributed by atoms with Gasteiger partial charge >= 0.3 is 6.85 Å². The summed E-state index contributed by atoms with van der Waals surface area (Å²) < 4.78 is 2.64. The first-order valence-electron chi connectivity index (χ1n) is 17.5. The number of fused-ring (bicyclic) bond motifs is 7. The number of rotatable bonds is 3. The summed E-state index contributed by atoms with van der Waals surface area (Å²) in [4.78, 5) is 5.13. The van der Waals surface area contributed by atoms with E-state index in [-0.39, 0.29) is 12.3 Å². The van der Waals surface area contributed by atoms with Crippen molar-refractivity contribution in [3.8, 4) is 22.3 Å². The van der Waals surface area contributed by atoms with Crippen LogP contribution in [-0.2, 0) is 5.41 Å². The van der Waals surface area contributed by atoms with E-state index in [0.29, 0.717) is 0 Å². The molecule has 0 N–H and O–H groups in total. The molecule has 0 spiro atoms. The van der Waals surface area contributed by atoms with Gasteiger partial charge in [0.2, 0.25) is 0 Å². The number of thiophene rings is 1. The molecule has 0 aliphatic carbocycles. The van der Waals surface area contributed by atoms with Crippen molar-refractivity contribution >= 4 is 77.7 Å². The molecule has 0 bridgehead atoms. The summed E-state index contributed by atoms with van der Waals surface area (Å²) in [6.45, 7) is 6.86. The van der Waals surface area contributed by atoms with E-state index in [2.05, 4.69) is 188 Å². The smallest absolute Gasteiger partial charge is 0.333 e. The zero-order valence-electron chi connectivity index (χ0n) is 28.4. The Hall–Kier alpha value is -5.58. The molecule has 2 nitrogen and oxygen atoms in total. The molecule has 238 valence electrons. The molecule has 8 aromatic rings. The van der Waals surface area contributed by atoms with Crippen molar-refractivity contribution < 1.29 is 0 Å². The third-order valence-corrected chi connectivity index (χ3v) is 11.8. The van der Waals surface area contributed by atoms with Crippen LogP contribution in [-0.4, -0.2) is 6.85 Å². The summed E-state index contributed by atoms with van der Waals surface area (Å²) in [6, 6.07) is 58.7. The highest BCUT2D eigenvalue weighted by molar-refractivity contribution is 7.26. The van der Waals surface area contributed by atoms with Crippen LogP contribution in [0.2, 0.25) is 0 Å². The molecule has 50 heavy (non-hydrogen) atoms. The lowest BCUT2D eigenvalue weighted by molar-refractivity contribution is 0.590. The Bertz CT molecular complexity index is 2600. The van der Waals surface area contributed by atoms with E-state index in [4.69, 9.17) is 0 Å². The lowest BCUT2D eigenvalue weighted by atomic mass is 9.43. The van der Waals surface area contributed by atoms with Crippen molar-refractivity contribution in [2.75, 3.05) is 9.71 Å². The molecule has 0 unspecified atom stereocenters. The molecular weight excluding hydrogens is 623 g/mol. The molecule has 4 heteroatoms. The molecule has 0 saturated carbocycles. The van der Waals surface area contributed by atoms with E-state index < -0.39 is 0 Å². The first-order valence-corrected chi connectivity index (χ1v) is 18.3. The summed E-state index contributed by atoms with van der Waals surface area (Å²) in [5, 5.41) is 2.63. The van der Waals surface area contributed by atoms with Gasteiger partial charge in [-0.3, -0.25) is 0 Å². The number of hydrogen-bond donors (Lipinski definition) is 0. The van der Waals surface area contributed by atoms with Crippen molar-refractivity contribution in [3.63, 3.8) is 0 Å². The monoisotopic (exact) mass is 658 g/mol. The highest BCUT2D eigenvalue weighted by Gasteiger charge is 2.45. The Morgan fingerprint density at radius 3 is 2.02 bits per heavy atom. The molecule has 2 aliphatic rings. The number of benzene rings is 7. The van der Waals surface area contributed by atoms with Crippen LogP contribution in [0.5, 0.6) is 0 Å².